The number of benzene rings is 2. The van der Waals surface area contributed by atoms with Crippen LogP contribution < -0.4 is 10.3 Å². The number of carbonyl (C=O) groups excluding carboxylic acids is 1. The molecule has 0 atom stereocenters. The number of hydrogen-bond acceptors (Lipinski definition) is 5. The standard InChI is InChI=1S/C21H18F2N2O3S/c1-3-17-18(19(26)13-8-14(22)10-15(23)9-13)24-21(25-20(17)27)29-11-12-4-6-16(28-2)7-5-12/h4-10H,3,11H2,1-2H3,(H,24,25,27). The van der Waals surface area contributed by atoms with E-state index in [-0.39, 0.29) is 28.4 Å². The molecule has 0 unspecified atom stereocenters. The van der Waals surface area contributed by atoms with Gasteiger partial charge in [0.2, 0.25) is 5.78 Å². The molecular weight excluding hydrogens is 398 g/mol. The number of carbonyl (C=O) groups is 1. The first-order valence-electron chi connectivity index (χ1n) is 8.81. The van der Waals surface area contributed by atoms with Crippen LogP contribution in [0.5, 0.6) is 5.75 Å². The first-order valence-corrected chi connectivity index (χ1v) is 9.79. The molecule has 1 aromatic heterocycles. The summed E-state index contributed by atoms with van der Waals surface area (Å²) in [5.74, 6) is -1.21. The van der Waals surface area contributed by atoms with Gasteiger partial charge < -0.3 is 9.72 Å². The number of methoxy groups -OCH3 is 1. The van der Waals surface area contributed by atoms with Crippen molar-refractivity contribution < 1.29 is 18.3 Å². The Morgan fingerprint density at radius 3 is 2.38 bits per heavy atom. The number of ether oxygens (including phenoxy) is 1. The molecule has 1 heterocycles. The third-order valence-corrected chi connectivity index (χ3v) is 5.17. The lowest BCUT2D eigenvalue weighted by Crippen LogP contribution is -2.21. The van der Waals surface area contributed by atoms with Crippen molar-refractivity contribution in [1.82, 2.24) is 9.97 Å². The Morgan fingerprint density at radius 1 is 1.14 bits per heavy atom. The number of ketones is 1. The van der Waals surface area contributed by atoms with Crippen molar-refractivity contribution in [2.24, 2.45) is 0 Å². The van der Waals surface area contributed by atoms with Gasteiger partial charge in [0.15, 0.2) is 5.16 Å². The Bertz CT molecular complexity index is 1080. The zero-order chi connectivity index (χ0) is 21.0. The number of rotatable bonds is 7. The van der Waals surface area contributed by atoms with E-state index >= 15 is 0 Å². The van der Waals surface area contributed by atoms with E-state index < -0.39 is 23.0 Å². The van der Waals surface area contributed by atoms with Crippen LogP contribution in [0.15, 0.2) is 52.4 Å². The highest BCUT2D eigenvalue weighted by Gasteiger charge is 2.20. The number of hydrogen-bond donors (Lipinski definition) is 1. The maximum absolute atomic E-state index is 13.5. The summed E-state index contributed by atoms with van der Waals surface area (Å²) < 4.78 is 32.1. The lowest BCUT2D eigenvalue weighted by Gasteiger charge is -2.09. The maximum atomic E-state index is 13.5. The van der Waals surface area contributed by atoms with Crippen molar-refractivity contribution in [3.63, 3.8) is 0 Å². The Hall–Kier alpha value is -3.00. The third-order valence-electron chi connectivity index (χ3n) is 4.22. The molecule has 8 heteroatoms. The number of thioether (sulfide) groups is 1. The van der Waals surface area contributed by atoms with Gasteiger partial charge in [-0.1, -0.05) is 30.8 Å². The number of aromatic amines is 1. The summed E-state index contributed by atoms with van der Waals surface area (Å²) in [5.41, 5.74) is 0.409. The van der Waals surface area contributed by atoms with Crippen LogP contribution in [0.3, 0.4) is 0 Å². The Morgan fingerprint density at radius 2 is 1.79 bits per heavy atom. The molecule has 2 aromatic carbocycles. The summed E-state index contributed by atoms with van der Waals surface area (Å²) in [7, 11) is 1.58. The Balaban J connectivity index is 1.91. The van der Waals surface area contributed by atoms with E-state index in [9.17, 15) is 18.4 Å². The molecule has 0 spiro atoms. The van der Waals surface area contributed by atoms with Crippen LogP contribution in [0, 0.1) is 11.6 Å². The number of halogens is 2. The fraction of sp³-hybridized carbons (Fsp3) is 0.190. The average Bonchev–Trinajstić information content (AvgIpc) is 2.71. The van der Waals surface area contributed by atoms with E-state index in [4.69, 9.17) is 4.74 Å². The number of nitrogens with one attached hydrogen (secondary N) is 1. The fourth-order valence-electron chi connectivity index (χ4n) is 2.76. The third kappa shape index (κ3) is 4.89. The first-order chi connectivity index (χ1) is 13.9. The zero-order valence-electron chi connectivity index (χ0n) is 15.8. The van der Waals surface area contributed by atoms with Gasteiger partial charge in [-0.2, -0.15) is 0 Å². The van der Waals surface area contributed by atoms with Gasteiger partial charge in [-0.3, -0.25) is 9.59 Å². The number of aromatic nitrogens is 2. The monoisotopic (exact) mass is 416 g/mol. The second-order valence-corrected chi connectivity index (χ2v) is 7.14. The summed E-state index contributed by atoms with van der Waals surface area (Å²) in [6, 6.07) is 9.94. The normalized spacial score (nSPS) is 10.8. The van der Waals surface area contributed by atoms with Crippen LogP contribution in [0.2, 0.25) is 0 Å². The molecule has 0 saturated carbocycles. The van der Waals surface area contributed by atoms with Gasteiger partial charge in [0.1, 0.15) is 23.1 Å². The van der Waals surface area contributed by atoms with Crippen LogP contribution in [-0.4, -0.2) is 22.9 Å². The van der Waals surface area contributed by atoms with E-state index in [1.807, 2.05) is 24.3 Å². The zero-order valence-corrected chi connectivity index (χ0v) is 16.6. The molecule has 0 saturated heterocycles. The summed E-state index contributed by atoms with van der Waals surface area (Å²) in [6.07, 6.45) is 0.255. The van der Waals surface area contributed by atoms with E-state index in [1.54, 1.807) is 14.0 Å². The van der Waals surface area contributed by atoms with Gasteiger partial charge in [-0.25, -0.2) is 13.8 Å². The molecule has 0 amide bonds. The number of H-pyrrole nitrogens is 1. The SMILES string of the molecule is CCc1c(C(=O)c2cc(F)cc(F)c2)nc(SCc2ccc(OC)cc2)[nH]c1=O. The van der Waals surface area contributed by atoms with Gasteiger partial charge in [-0.15, -0.1) is 0 Å². The Kier molecular flexibility index (Phi) is 6.43. The van der Waals surface area contributed by atoms with Crippen LogP contribution in [-0.2, 0) is 12.2 Å². The molecule has 0 aliphatic rings. The molecule has 150 valence electrons. The number of nitrogens with zero attached hydrogens (tertiary/aromatic N) is 1. The lowest BCUT2D eigenvalue weighted by atomic mass is 10.0. The van der Waals surface area contributed by atoms with E-state index in [1.165, 1.54) is 11.8 Å². The molecule has 0 radical (unpaired) electrons. The highest BCUT2D eigenvalue weighted by Crippen LogP contribution is 2.22. The summed E-state index contributed by atoms with van der Waals surface area (Å²) in [5, 5.41) is 0.253. The summed E-state index contributed by atoms with van der Waals surface area (Å²) in [6.45, 7) is 1.71. The van der Waals surface area contributed by atoms with E-state index in [2.05, 4.69) is 9.97 Å². The highest BCUT2D eigenvalue weighted by atomic mass is 32.2. The molecule has 3 aromatic rings. The minimum Gasteiger partial charge on any atom is -0.497 e. The van der Waals surface area contributed by atoms with Crippen LogP contribution in [0.1, 0.15) is 34.1 Å². The van der Waals surface area contributed by atoms with Gasteiger partial charge in [0.05, 0.1) is 7.11 Å². The van der Waals surface area contributed by atoms with Crippen molar-refractivity contribution in [2.45, 2.75) is 24.3 Å². The minimum absolute atomic E-state index is 0.0986. The molecule has 1 N–H and O–H groups in total. The topological polar surface area (TPSA) is 72.0 Å². The summed E-state index contributed by atoms with van der Waals surface area (Å²) in [4.78, 5) is 32.2. The molecule has 0 aliphatic carbocycles. The van der Waals surface area contributed by atoms with Crippen LogP contribution in [0.25, 0.3) is 0 Å². The first kappa shape index (κ1) is 20.7. The second-order valence-electron chi connectivity index (χ2n) is 6.18. The average molecular weight is 416 g/mol. The van der Waals surface area contributed by atoms with Crippen molar-refractivity contribution >= 4 is 17.5 Å². The predicted molar refractivity (Wildman–Crippen MR) is 107 cm³/mol. The Labute approximate surface area is 170 Å². The largest absolute Gasteiger partial charge is 0.497 e. The molecule has 5 nitrogen and oxygen atoms in total. The second kappa shape index (κ2) is 9.00. The lowest BCUT2D eigenvalue weighted by molar-refractivity contribution is 0.103. The molecule has 29 heavy (non-hydrogen) atoms. The van der Waals surface area contributed by atoms with Crippen LogP contribution in [0.4, 0.5) is 8.78 Å². The molecule has 0 bridgehead atoms. The van der Waals surface area contributed by atoms with E-state index in [0.717, 1.165) is 23.4 Å². The summed E-state index contributed by atoms with van der Waals surface area (Å²) >= 11 is 1.25. The van der Waals surface area contributed by atoms with Gasteiger partial charge in [-0.05, 0) is 36.2 Å². The van der Waals surface area contributed by atoms with Gasteiger partial charge in [0, 0.05) is 22.9 Å². The molecule has 3 rings (SSSR count). The van der Waals surface area contributed by atoms with Crippen molar-refractivity contribution in [2.75, 3.05) is 7.11 Å². The predicted octanol–water partition coefficient (Wildman–Crippen LogP) is 4.14. The van der Waals surface area contributed by atoms with Gasteiger partial charge >= 0.3 is 0 Å². The highest BCUT2D eigenvalue weighted by molar-refractivity contribution is 7.98. The van der Waals surface area contributed by atoms with E-state index in [0.29, 0.717) is 11.8 Å². The molecular formula is C21H18F2N2O3S. The van der Waals surface area contributed by atoms with Crippen molar-refractivity contribution in [3.05, 3.63) is 86.8 Å². The van der Waals surface area contributed by atoms with Crippen molar-refractivity contribution in [1.29, 1.82) is 0 Å². The smallest absolute Gasteiger partial charge is 0.255 e. The van der Waals surface area contributed by atoms with Crippen LogP contribution >= 0.6 is 11.8 Å². The minimum atomic E-state index is -0.870. The van der Waals surface area contributed by atoms with Crippen molar-refractivity contribution in [3.8, 4) is 5.75 Å². The fourth-order valence-corrected chi connectivity index (χ4v) is 3.57. The molecule has 0 aliphatic heterocycles. The molecule has 0 fully saturated rings. The maximum Gasteiger partial charge on any atom is 0.255 e. The quantitative estimate of drug-likeness (QED) is 0.356. The van der Waals surface area contributed by atoms with Gasteiger partial charge in [0.25, 0.3) is 5.56 Å².